The standard InChI is InChI=1S/C18H15NO2/c20-17-15-7-3-4-8-16(15)18(21)19(17)11-12-9-13-5-1-2-6-14(13)10-12/h1-8,12H,9-11H2. The van der Waals surface area contributed by atoms with Gasteiger partial charge in [0.2, 0.25) is 0 Å². The Labute approximate surface area is 123 Å². The van der Waals surface area contributed by atoms with Crippen molar-refractivity contribution in [1.82, 2.24) is 4.90 Å². The molecule has 3 heteroatoms. The van der Waals surface area contributed by atoms with E-state index >= 15 is 0 Å². The van der Waals surface area contributed by atoms with E-state index in [0.717, 1.165) is 12.8 Å². The van der Waals surface area contributed by atoms with Crippen LogP contribution in [0.1, 0.15) is 31.8 Å². The summed E-state index contributed by atoms with van der Waals surface area (Å²) < 4.78 is 0. The molecule has 0 radical (unpaired) electrons. The second kappa shape index (κ2) is 4.55. The highest BCUT2D eigenvalue weighted by Gasteiger charge is 2.37. The van der Waals surface area contributed by atoms with Crippen LogP contribution in [0.2, 0.25) is 0 Å². The largest absolute Gasteiger partial charge is 0.274 e. The zero-order valence-electron chi connectivity index (χ0n) is 11.6. The van der Waals surface area contributed by atoms with Gasteiger partial charge in [-0.3, -0.25) is 14.5 Å². The van der Waals surface area contributed by atoms with Crippen LogP contribution < -0.4 is 0 Å². The fourth-order valence-corrected chi connectivity index (χ4v) is 3.44. The van der Waals surface area contributed by atoms with Gasteiger partial charge in [-0.25, -0.2) is 0 Å². The molecule has 2 aromatic rings. The van der Waals surface area contributed by atoms with E-state index in [1.807, 2.05) is 12.1 Å². The number of hydrogen-bond acceptors (Lipinski definition) is 2. The first-order chi connectivity index (χ1) is 10.2. The number of carbonyl (C=O) groups is 2. The molecule has 0 unspecified atom stereocenters. The molecule has 0 saturated carbocycles. The first-order valence-corrected chi connectivity index (χ1v) is 7.26. The van der Waals surface area contributed by atoms with E-state index in [4.69, 9.17) is 0 Å². The molecular weight excluding hydrogens is 262 g/mol. The van der Waals surface area contributed by atoms with Crippen molar-refractivity contribution in [2.24, 2.45) is 5.92 Å². The van der Waals surface area contributed by atoms with E-state index in [9.17, 15) is 9.59 Å². The molecule has 3 nitrogen and oxygen atoms in total. The summed E-state index contributed by atoms with van der Waals surface area (Å²) in [6.45, 7) is 0.515. The highest BCUT2D eigenvalue weighted by atomic mass is 16.2. The van der Waals surface area contributed by atoms with Crippen LogP contribution in [0.4, 0.5) is 0 Å². The summed E-state index contributed by atoms with van der Waals surface area (Å²) in [5.41, 5.74) is 3.77. The Bertz CT molecular complexity index is 690. The van der Waals surface area contributed by atoms with Gasteiger partial charge in [0.1, 0.15) is 0 Å². The number of nitrogens with zero attached hydrogens (tertiary/aromatic N) is 1. The summed E-state index contributed by atoms with van der Waals surface area (Å²) in [6, 6.07) is 15.4. The molecule has 0 fully saturated rings. The smallest absolute Gasteiger partial charge is 0.261 e. The van der Waals surface area contributed by atoms with Gasteiger partial charge in [0.15, 0.2) is 0 Å². The van der Waals surface area contributed by atoms with Crippen molar-refractivity contribution in [2.45, 2.75) is 12.8 Å². The lowest BCUT2D eigenvalue weighted by molar-refractivity contribution is 0.0630. The van der Waals surface area contributed by atoms with Crippen LogP contribution in [-0.4, -0.2) is 23.3 Å². The van der Waals surface area contributed by atoms with Gasteiger partial charge in [0.05, 0.1) is 11.1 Å². The predicted molar refractivity (Wildman–Crippen MR) is 79.1 cm³/mol. The normalized spacial score (nSPS) is 17.2. The van der Waals surface area contributed by atoms with E-state index in [0.29, 0.717) is 23.6 Å². The summed E-state index contributed by atoms with van der Waals surface area (Å²) in [7, 11) is 0. The van der Waals surface area contributed by atoms with Crippen molar-refractivity contribution >= 4 is 11.8 Å². The Morgan fingerprint density at radius 1 is 0.810 bits per heavy atom. The van der Waals surface area contributed by atoms with Gasteiger partial charge in [0, 0.05) is 6.54 Å². The molecule has 0 atom stereocenters. The number of rotatable bonds is 2. The average molecular weight is 277 g/mol. The SMILES string of the molecule is O=C1c2ccccc2C(=O)N1CC1Cc2ccccc2C1. The van der Waals surface area contributed by atoms with E-state index in [-0.39, 0.29) is 11.8 Å². The second-order valence-electron chi connectivity index (χ2n) is 5.81. The topological polar surface area (TPSA) is 37.4 Å². The molecule has 0 N–H and O–H groups in total. The maximum atomic E-state index is 12.4. The molecule has 2 aromatic carbocycles. The minimum absolute atomic E-state index is 0.147. The molecule has 0 aromatic heterocycles. The maximum absolute atomic E-state index is 12.4. The molecule has 104 valence electrons. The number of fused-ring (bicyclic) bond motifs is 2. The fraction of sp³-hybridized carbons (Fsp3) is 0.222. The molecule has 1 heterocycles. The summed E-state index contributed by atoms with van der Waals surface area (Å²) in [5, 5.41) is 0. The van der Waals surface area contributed by atoms with Crippen molar-refractivity contribution in [2.75, 3.05) is 6.54 Å². The number of benzene rings is 2. The van der Waals surface area contributed by atoms with Gasteiger partial charge in [0.25, 0.3) is 11.8 Å². The molecule has 0 saturated heterocycles. The minimum atomic E-state index is -0.147. The van der Waals surface area contributed by atoms with Gasteiger partial charge < -0.3 is 0 Å². The summed E-state index contributed by atoms with van der Waals surface area (Å²) in [6.07, 6.45) is 1.90. The zero-order chi connectivity index (χ0) is 14.4. The summed E-state index contributed by atoms with van der Waals surface area (Å²) in [5.74, 6) is 0.0442. The maximum Gasteiger partial charge on any atom is 0.261 e. The van der Waals surface area contributed by atoms with Crippen molar-refractivity contribution in [3.63, 3.8) is 0 Å². The van der Waals surface area contributed by atoms with Crippen LogP contribution in [0.15, 0.2) is 48.5 Å². The predicted octanol–water partition coefficient (Wildman–Crippen LogP) is 2.70. The molecule has 2 amide bonds. The molecule has 1 aliphatic heterocycles. The van der Waals surface area contributed by atoms with Gasteiger partial charge in [-0.2, -0.15) is 0 Å². The zero-order valence-corrected chi connectivity index (χ0v) is 11.6. The van der Waals surface area contributed by atoms with Crippen LogP contribution in [-0.2, 0) is 12.8 Å². The third-order valence-electron chi connectivity index (χ3n) is 4.45. The molecule has 21 heavy (non-hydrogen) atoms. The lowest BCUT2D eigenvalue weighted by Gasteiger charge is -2.18. The first kappa shape index (κ1) is 12.3. The van der Waals surface area contributed by atoms with Gasteiger partial charge in [-0.15, -0.1) is 0 Å². The van der Waals surface area contributed by atoms with E-state index in [2.05, 4.69) is 12.1 Å². The van der Waals surface area contributed by atoms with Crippen molar-refractivity contribution in [1.29, 1.82) is 0 Å². The molecule has 2 aliphatic rings. The third kappa shape index (κ3) is 1.88. The minimum Gasteiger partial charge on any atom is -0.274 e. The number of hydrogen-bond donors (Lipinski definition) is 0. The van der Waals surface area contributed by atoms with Gasteiger partial charge >= 0.3 is 0 Å². The van der Waals surface area contributed by atoms with Crippen LogP contribution in [0.5, 0.6) is 0 Å². The third-order valence-corrected chi connectivity index (χ3v) is 4.45. The highest BCUT2D eigenvalue weighted by molar-refractivity contribution is 6.21. The van der Waals surface area contributed by atoms with Crippen LogP contribution in [0.3, 0.4) is 0 Å². The van der Waals surface area contributed by atoms with Crippen LogP contribution in [0.25, 0.3) is 0 Å². The number of imide groups is 1. The highest BCUT2D eigenvalue weighted by Crippen LogP contribution is 2.30. The van der Waals surface area contributed by atoms with Gasteiger partial charge in [-0.05, 0) is 42.0 Å². The van der Waals surface area contributed by atoms with Crippen LogP contribution in [0, 0.1) is 5.92 Å². The number of amides is 2. The Morgan fingerprint density at radius 2 is 1.29 bits per heavy atom. The summed E-state index contributed by atoms with van der Waals surface area (Å²) in [4.78, 5) is 26.2. The monoisotopic (exact) mass is 277 g/mol. The summed E-state index contributed by atoms with van der Waals surface area (Å²) >= 11 is 0. The lowest BCUT2D eigenvalue weighted by atomic mass is 10.1. The van der Waals surface area contributed by atoms with Crippen molar-refractivity contribution in [3.8, 4) is 0 Å². The number of carbonyl (C=O) groups excluding carboxylic acids is 2. The second-order valence-corrected chi connectivity index (χ2v) is 5.81. The van der Waals surface area contributed by atoms with E-state index < -0.39 is 0 Å². The van der Waals surface area contributed by atoms with Crippen LogP contribution >= 0.6 is 0 Å². The van der Waals surface area contributed by atoms with Gasteiger partial charge in [-0.1, -0.05) is 36.4 Å². The van der Waals surface area contributed by atoms with Crippen molar-refractivity contribution < 1.29 is 9.59 Å². The molecule has 4 rings (SSSR count). The quantitative estimate of drug-likeness (QED) is 0.791. The molecule has 1 aliphatic carbocycles. The molecule has 0 bridgehead atoms. The van der Waals surface area contributed by atoms with Crippen molar-refractivity contribution in [3.05, 3.63) is 70.8 Å². The Balaban J connectivity index is 1.55. The lowest BCUT2D eigenvalue weighted by Crippen LogP contribution is -2.34. The Kier molecular flexibility index (Phi) is 2.67. The van der Waals surface area contributed by atoms with E-state index in [1.54, 1.807) is 24.3 Å². The first-order valence-electron chi connectivity index (χ1n) is 7.26. The molecule has 0 spiro atoms. The Hall–Kier alpha value is -2.42. The average Bonchev–Trinajstić information content (AvgIpc) is 3.02. The van der Waals surface area contributed by atoms with E-state index in [1.165, 1.54) is 16.0 Å². The Morgan fingerprint density at radius 3 is 1.81 bits per heavy atom. The molecular formula is C18H15NO2. The fourth-order valence-electron chi connectivity index (χ4n) is 3.44.